The zero-order valence-electron chi connectivity index (χ0n) is 8.88. The van der Waals surface area contributed by atoms with Crippen LogP contribution in [0.3, 0.4) is 0 Å². The van der Waals surface area contributed by atoms with Gasteiger partial charge in [0.25, 0.3) is 0 Å². The van der Waals surface area contributed by atoms with Crippen molar-refractivity contribution in [1.29, 1.82) is 0 Å². The Hall–Kier alpha value is -0.480. The van der Waals surface area contributed by atoms with Gasteiger partial charge >= 0.3 is 0 Å². The summed E-state index contributed by atoms with van der Waals surface area (Å²) in [6.07, 6.45) is 1.73. The van der Waals surface area contributed by atoms with E-state index in [1.54, 1.807) is 6.26 Å². The van der Waals surface area contributed by atoms with Crippen molar-refractivity contribution in [3.05, 3.63) is 44.0 Å². The minimum absolute atomic E-state index is 0.0219. The summed E-state index contributed by atoms with van der Waals surface area (Å²) in [6.45, 7) is 1.92. The van der Waals surface area contributed by atoms with Gasteiger partial charge in [-0.15, -0.1) is 11.3 Å². The van der Waals surface area contributed by atoms with Gasteiger partial charge < -0.3 is 9.73 Å². The van der Waals surface area contributed by atoms with Crippen LogP contribution in [0, 0.1) is 6.92 Å². The van der Waals surface area contributed by atoms with Crippen molar-refractivity contribution in [1.82, 2.24) is 5.32 Å². The summed E-state index contributed by atoms with van der Waals surface area (Å²) in [5, 5.41) is 3.21. The molecule has 0 bridgehead atoms. The summed E-state index contributed by atoms with van der Waals surface area (Å²) < 4.78 is 6.71. The van der Waals surface area contributed by atoms with E-state index in [9.17, 15) is 0 Å². The fourth-order valence-corrected chi connectivity index (χ4v) is 3.20. The first kappa shape index (κ1) is 12.0. The molecule has 2 nitrogen and oxygen atoms in total. The Kier molecular flexibility index (Phi) is 3.60. The second-order valence-corrected chi connectivity index (χ2v) is 5.78. The highest BCUT2D eigenvalue weighted by Gasteiger charge is 2.19. The molecule has 0 aliphatic rings. The maximum absolute atomic E-state index is 6.14. The van der Waals surface area contributed by atoms with Gasteiger partial charge in [0, 0.05) is 11.1 Å². The number of furan rings is 1. The van der Waals surface area contributed by atoms with Crippen LogP contribution in [0.2, 0.25) is 8.67 Å². The first-order valence-corrected chi connectivity index (χ1v) is 6.36. The lowest BCUT2D eigenvalue weighted by molar-refractivity contribution is 0.528. The van der Waals surface area contributed by atoms with Crippen LogP contribution < -0.4 is 5.32 Å². The van der Waals surface area contributed by atoms with Crippen LogP contribution in [0.15, 0.2) is 22.8 Å². The predicted molar refractivity (Wildman–Crippen MR) is 68.7 cm³/mol. The Labute approximate surface area is 108 Å². The summed E-state index contributed by atoms with van der Waals surface area (Å²) in [6, 6.07) is 3.90. The number of thiophene rings is 1. The molecule has 0 radical (unpaired) electrons. The van der Waals surface area contributed by atoms with Gasteiger partial charge in [-0.05, 0) is 26.1 Å². The van der Waals surface area contributed by atoms with Gasteiger partial charge in [0.1, 0.15) is 5.76 Å². The van der Waals surface area contributed by atoms with Crippen molar-refractivity contribution >= 4 is 34.5 Å². The van der Waals surface area contributed by atoms with Crippen molar-refractivity contribution in [3.63, 3.8) is 0 Å². The van der Waals surface area contributed by atoms with Crippen LogP contribution >= 0.6 is 34.5 Å². The smallest absolute Gasteiger partial charge is 0.101 e. The van der Waals surface area contributed by atoms with Crippen LogP contribution in [0.5, 0.6) is 0 Å². The number of rotatable bonds is 3. The lowest BCUT2D eigenvalue weighted by Gasteiger charge is -2.13. The molecule has 1 atom stereocenters. The molecule has 0 saturated carbocycles. The standard InChI is InChI=1S/C11H11Cl2NOS/c1-6-3-7(5-15-6)10(14-2)8-4-9(12)16-11(8)13/h3-5,10,14H,1-2H3. The van der Waals surface area contributed by atoms with Gasteiger partial charge in [-0.2, -0.15) is 0 Å². The number of nitrogens with one attached hydrogen (secondary N) is 1. The molecule has 0 spiro atoms. The minimum Gasteiger partial charge on any atom is -0.469 e. The van der Waals surface area contributed by atoms with E-state index < -0.39 is 0 Å². The molecule has 5 heteroatoms. The Bertz CT molecular complexity index is 492. The summed E-state index contributed by atoms with van der Waals surface area (Å²) in [7, 11) is 1.88. The molecule has 16 heavy (non-hydrogen) atoms. The molecular formula is C11H11Cl2NOS. The average molecular weight is 276 g/mol. The molecule has 0 aromatic carbocycles. The first-order chi connectivity index (χ1) is 7.61. The third kappa shape index (κ3) is 2.28. The Morgan fingerprint density at radius 3 is 2.56 bits per heavy atom. The molecule has 0 aliphatic carbocycles. The van der Waals surface area contributed by atoms with Crippen LogP contribution in [-0.2, 0) is 0 Å². The third-order valence-electron chi connectivity index (χ3n) is 2.37. The highest BCUT2D eigenvalue weighted by atomic mass is 35.5. The molecule has 2 rings (SSSR count). The Morgan fingerprint density at radius 1 is 1.38 bits per heavy atom. The third-order valence-corrected chi connectivity index (χ3v) is 3.88. The van der Waals surface area contributed by atoms with E-state index in [1.807, 2.05) is 26.1 Å². The van der Waals surface area contributed by atoms with Gasteiger partial charge in [-0.25, -0.2) is 0 Å². The topological polar surface area (TPSA) is 25.2 Å². The molecule has 0 saturated heterocycles. The quantitative estimate of drug-likeness (QED) is 0.905. The summed E-state index contributed by atoms with van der Waals surface area (Å²) in [5.41, 5.74) is 2.04. The van der Waals surface area contributed by atoms with Gasteiger partial charge in [0.05, 0.1) is 21.0 Å². The Balaban J connectivity index is 2.40. The monoisotopic (exact) mass is 275 g/mol. The average Bonchev–Trinajstić information content (AvgIpc) is 2.76. The van der Waals surface area contributed by atoms with Gasteiger partial charge in [0.15, 0.2) is 0 Å². The predicted octanol–water partition coefficient (Wildman–Crippen LogP) is 4.27. The molecule has 2 aromatic heterocycles. The zero-order chi connectivity index (χ0) is 11.7. The fourth-order valence-electron chi connectivity index (χ4n) is 1.67. The second-order valence-electron chi connectivity index (χ2n) is 3.49. The van der Waals surface area contributed by atoms with Crippen molar-refractivity contribution in [2.45, 2.75) is 13.0 Å². The fraction of sp³-hybridized carbons (Fsp3) is 0.273. The van der Waals surface area contributed by atoms with Crippen LogP contribution in [0.4, 0.5) is 0 Å². The number of halogens is 2. The maximum Gasteiger partial charge on any atom is 0.101 e. The highest BCUT2D eigenvalue weighted by Crippen LogP contribution is 2.37. The number of hydrogen-bond donors (Lipinski definition) is 1. The Morgan fingerprint density at radius 2 is 2.12 bits per heavy atom. The van der Waals surface area contributed by atoms with E-state index in [4.69, 9.17) is 27.6 Å². The zero-order valence-corrected chi connectivity index (χ0v) is 11.2. The lowest BCUT2D eigenvalue weighted by Crippen LogP contribution is -2.16. The maximum atomic E-state index is 6.14. The normalized spacial score (nSPS) is 13.0. The summed E-state index contributed by atoms with van der Waals surface area (Å²) in [4.78, 5) is 0. The van der Waals surface area contributed by atoms with Crippen molar-refractivity contribution in [3.8, 4) is 0 Å². The largest absolute Gasteiger partial charge is 0.469 e. The molecule has 2 heterocycles. The van der Waals surface area contributed by atoms with Crippen LogP contribution in [0.1, 0.15) is 22.9 Å². The minimum atomic E-state index is 0.0219. The second kappa shape index (κ2) is 4.80. The van der Waals surface area contributed by atoms with Gasteiger partial charge in [0.2, 0.25) is 0 Å². The lowest BCUT2D eigenvalue weighted by atomic mass is 10.0. The molecule has 0 fully saturated rings. The number of aryl methyl sites for hydroxylation is 1. The van der Waals surface area contributed by atoms with E-state index in [0.29, 0.717) is 8.67 Å². The van der Waals surface area contributed by atoms with Gasteiger partial charge in [-0.1, -0.05) is 23.2 Å². The van der Waals surface area contributed by atoms with Gasteiger partial charge in [-0.3, -0.25) is 0 Å². The SMILES string of the molecule is CNC(c1coc(C)c1)c1cc(Cl)sc1Cl. The molecule has 0 aliphatic heterocycles. The molecule has 1 unspecified atom stereocenters. The molecule has 1 N–H and O–H groups in total. The summed E-state index contributed by atoms with van der Waals surface area (Å²) >= 11 is 13.5. The van der Waals surface area contributed by atoms with Crippen molar-refractivity contribution in [2.75, 3.05) is 7.05 Å². The molecule has 2 aromatic rings. The first-order valence-electron chi connectivity index (χ1n) is 4.79. The van der Waals surface area contributed by atoms with Crippen molar-refractivity contribution < 1.29 is 4.42 Å². The van der Waals surface area contributed by atoms with E-state index in [2.05, 4.69) is 5.32 Å². The van der Waals surface area contributed by atoms with Crippen LogP contribution in [0.25, 0.3) is 0 Å². The molecular weight excluding hydrogens is 265 g/mol. The highest BCUT2D eigenvalue weighted by molar-refractivity contribution is 7.20. The molecule has 0 amide bonds. The van der Waals surface area contributed by atoms with E-state index in [-0.39, 0.29) is 6.04 Å². The van der Waals surface area contributed by atoms with E-state index >= 15 is 0 Å². The number of hydrogen-bond acceptors (Lipinski definition) is 3. The van der Waals surface area contributed by atoms with E-state index in [1.165, 1.54) is 11.3 Å². The molecule has 86 valence electrons. The van der Waals surface area contributed by atoms with Crippen molar-refractivity contribution in [2.24, 2.45) is 0 Å². The van der Waals surface area contributed by atoms with Crippen LogP contribution in [-0.4, -0.2) is 7.05 Å². The summed E-state index contributed by atoms with van der Waals surface area (Å²) in [5.74, 6) is 0.882. The van der Waals surface area contributed by atoms with E-state index in [0.717, 1.165) is 16.9 Å².